The Morgan fingerprint density at radius 1 is 0.947 bits per heavy atom. The maximum absolute atomic E-state index is 13.0. The second-order valence-corrected chi connectivity index (χ2v) is 10.7. The van der Waals surface area contributed by atoms with E-state index in [1.54, 1.807) is 7.11 Å². The molecule has 0 aliphatic carbocycles. The van der Waals surface area contributed by atoms with E-state index in [0.717, 1.165) is 61.6 Å². The predicted molar refractivity (Wildman–Crippen MR) is 154 cm³/mol. The van der Waals surface area contributed by atoms with Crippen LogP contribution in [0.3, 0.4) is 0 Å². The molecule has 0 radical (unpaired) electrons. The summed E-state index contributed by atoms with van der Waals surface area (Å²) in [6, 6.07) is 26.4. The van der Waals surface area contributed by atoms with E-state index in [2.05, 4.69) is 66.4 Å². The number of Topliss-reactive ketones (excluding diaryl/α,β-unsaturated/α-hetero) is 1. The van der Waals surface area contributed by atoms with Gasteiger partial charge in [0.05, 0.1) is 7.11 Å². The molecule has 1 saturated heterocycles. The van der Waals surface area contributed by atoms with Crippen LogP contribution < -0.4 is 9.47 Å². The van der Waals surface area contributed by atoms with Crippen LogP contribution in [0.25, 0.3) is 0 Å². The molecule has 38 heavy (non-hydrogen) atoms. The Hall–Kier alpha value is -3.15. The first-order chi connectivity index (χ1) is 18.5. The summed E-state index contributed by atoms with van der Waals surface area (Å²) in [4.78, 5) is 17.7. The number of likely N-dealkylation sites (tertiary alicyclic amines) is 1. The molecule has 1 aliphatic rings. The largest absolute Gasteiger partial charge is 0.497 e. The SMILES string of the molecule is COc1cccc(OC(CCN(C)C)c2ccc(C(=O)CCC3CCN(Cc4ccccc4)CC3)cc2)c1. The van der Waals surface area contributed by atoms with Gasteiger partial charge in [0.1, 0.15) is 17.6 Å². The quantitative estimate of drug-likeness (QED) is 0.239. The average Bonchev–Trinajstić information content (AvgIpc) is 2.95. The van der Waals surface area contributed by atoms with E-state index in [0.29, 0.717) is 12.3 Å². The summed E-state index contributed by atoms with van der Waals surface area (Å²) in [5.41, 5.74) is 3.25. The molecule has 0 aromatic heterocycles. The summed E-state index contributed by atoms with van der Waals surface area (Å²) in [6.45, 7) is 4.16. The van der Waals surface area contributed by atoms with Gasteiger partial charge in [-0.25, -0.2) is 0 Å². The maximum atomic E-state index is 13.0. The van der Waals surface area contributed by atoms with E-state index in [9.17, 15) is 4.79 Å². The summed E-state index contributed by atoms with van der Waals surface area (Å²) in [7, 11) is 5.79. The first kappa shape index (κ1) is 27.9. The average molecular weight is 515 g/mol. The minimum Gasteiger partial charge on any atom is -0.497 e. The lowest BCUT2D eigenvalue weighted by Crippen LogP contribution is -2.33. The molecule has 0 amide bonds. The number of hydrogen-bond acceptors (Lipinski definition) is 5. The van der Waals surface area contributed by atoms with Gasteiger partial charge in [0.2, 0.25) is 0 Å². The molecular formula is C33H42N2O3. The van der Waals surface area contributed by atoms with Gasteiger partial charge in [-0.2, -0.15) is 0 Å². The summed E-state index contributed by atoms with van der Waals surface area (Å²) in [5, 5.41) is 0. The molecule has 202 valence electrons. The molecular weight excluding hydrogens is 472 g/mol. The fourth-order valence-electron chi connectivity index (χ4n) is 5.15. The number of nitrogens with zero attached hydrogens (tertiary/aromatic N) is 2. The molecule has 5 heteroatoms. The fraction of sp³-hybridized carbons (Fsp3) is 0.424. The molecule has 1 unspecified atom stereocenters. The van der Waals surface area contributed by atoms with Crippen molar-refractivity contribution in [2.24, 2.45) is 5.92 Å². The number of ketones is 1. The Balaban J connectivity index is 1.28. The number of methoxy groups -OCH3 is 1. The maximum Gasteiger partial charge on any atom is 0.162 e. The van der Waals surface area contributed by atoms with E-state index >= 15 is 0 Å². The van der Waals surface area contributed by atoms with Crippen molar-refractivity contribution in [2.75, 3.05) is 40.8 Å². The minimum absolute atomic E-state index is 0.102. The zero-order chi connectivity index (χ0) is 26.7. The summed E-state index contributed by atoms with van der Waals surface area (Å²) >= 11 is 0. The predicted octanol–water partition coefficient (Wildman–Crippen LogP) is 6.64. The zero-order valence-corrected chi connectivity index (χ0v) is 23.1. The van der Waals surface area contributed by atoms with Crippen LogP contribution in [0, 0.1) is 5.92 Å². The molecule has 4 rings (SSSR count). The van der Waals surface area contributed by atoms with Crippen molar-refractivity contribution in [3.63, 3.8) is 0 Å². The molecule has 1 atom stereocenters. The second kappa shape index (κ2) is 14.1. The van der Waals surface area contributed by atoms with Gasteiger partial charge in [0, 0.05) is 37.6 Å². The van der Waals surface area contributed by atoms with Crippen molar-refractivity contribution in [3.05, 3.63) is 95.6 Å². The number of rotatable bonds is 13. The minimum atomic E-state index is -0.102. The van der Waals surface area contributed by atoms with E-state index in [-0.39, 0.29) is 11.9 Å². The number of benzene rings is 3. The standard InChI is InChI=1S/C33H42N2O3/c1-34(2)21-20-33(38-31-11-7-10-30(24-31)37-3)29-15-13-28(14-16-29)32(36)17-12-26-18-22-35(23-19-26)25-27-8-5-4-6-9-27/h4-11,13-16,24,26,33H,12,17-23,25H2,1-3H3. The van der Waals surface area contributed by atoms with E-state index in [4.69, 9.17) is 9.47 Å². The number of carbonyl (C=O) groups excluding carboxylic acids is 1. The Bertz CT molecular complexity index is 1120. The van der Waals surface area contributed by atoms with Gasteiger partial charge >= 0.3 is 0 Å². The summed E-state index contributed by atoms with van der Waals surface area (Å²) in [5.74, 6) is 2.43. The molecule has 1 heterocycles. The van der Waals surface area contributed by atoms with Gasteiger partial charge in [0.25, 0.3) is 0 Å². The van der Waals surface area contributed by atoms with Gasteiger partial charge in [-0.3, -0.25) is 9.69 Å². The Morgan fingerprint density at radius 3 is 2.34 bits per heavy atom. The number of carbonyl (C=O) groups is 1. The van der Waals surface area contributed by atoms with Crippen molar-refractivity contribution in [1.82, 2.24) is 9.80 Å². The highest BCUT2D eigenvalue weighted by atomic mass is 16.5. The Kier molecular flexibility index (Phi) is 10.4. The first-order valence-electron chi connectivity index (χ1n) is 13.8. The highest BCUT2D eigenvalue weighted by Crippen LogP contribution is 2.29. The molecule has 0 bridgehead atoms. The summed E-state index contributed by atoms with van der Waals surface area (Å²) < 4.78 is 11.7. The summed E-state index contributed by atoms with van der Waals surface area (Å²) in [6.07, 6.45) is 4.69. The zero-order valence-electron chi connectivity index (χ0n) is 23.1. The van der Waals surface area contributed by atoms with Crippen LogP contribution in [0.1, 0.15) is 59.7 Å². The van der Waals surface area contributed by atoms with E-state index in [1.807, 2.05) is 36.4 Å². The fourth-order valence-corrected chi connectivity index (χ4v) is 5.15. The third-order valence-corrected chi connectivity index (χ3v) is 7.50. The third kappa shape index (κ3) is 8.44. The van der Waals surface area contributed by atoms with Crippen molar-refractivity contribution in [1.29, 1.82) is 0 Å². The number of ether oxygens (including phenoxy) is 2. The molecule has 0 N–H and O–H groups in total. The first-order valence-corrected chi connectivity index (χ1v) is 13.8. The highest BCUT2D eigenvalue weighted by Gasteiger charge is 2.21. The third-order valence-electron chi connectivity index (χ3n) is 7.50. The van der Waals surface area contributed by atoms with Crippen LogP contribution in [0.4, 0.5) is 0 Å². The lowest BCUT2D eigenvalue weighted by Gasteiger charge is -2.32. The monoisotopic (exact) mass is 514 g/mol. The van der Waals surface area contributed by atoms with Gasteiger partial charge in [0.15, 0.2) is 5.78 Å². The molecule has 5 nitrogen and oxygen atoms in total. The van der Waals surface area contributed by atoms with E-state index in [1.165, 1.54) is 18.4 Å². The second-order valence-electron chi connectivity index (χ2n) is 10.7. The topological polar surface area (TPSA) is 42.0 Å². The van der Waals surface area contributed by atoms with Crippen molar-refractivity contribution < 1.29 is 14.3 Å². The van der Waals surface area contributed by atoms with Gasteiger partial charge in [-0.1, -0.05) is 60.7 Å². The van der Waals surface area contributed by atoms with E-state index < -0.39 is 0 Å². The van der Waals surface area contributed by atoms with Crippen LogP contribution in [0.5, 0.6) is 11.5 Å². The molecule has 0 spiro atoms. The Labute approximate surface area is 228 Å². The van der Waals surface area contributed by atoms with Crippen molar-refractivity contribution in [3.8, 4) is 11.5 Å². The molecule has 1 fully saturated rings. The van der Waals surface area contributed by atoms with Crippen molar-refractivity contribution in [2.45, 2.75) is 44.8 Å². The number of hydrogen-bond donors (Lipinski definition) is 0. The Morgan fingerprint density at radius 2 is 1.66 bits per heavy atom. The molecule has 0 saturated carbocycles. The molecule has 1 aliphatic heterocycles. The smallest absolute Gasteiger partial charge is 0.162 e. The van der Waals surface area contributed by atoms with Crippen molar-refractivity contribution >= 4 is 5.78 Å². The molecule has 3 aromatic rings. The van der Waals surface area contributed by atoms with Crippen LogP contribution in [0.15, 0.2) is 78.9 Å². The van der Waals surface area contributed by atoms with Crippen LogP contribution in [-0.4, -0.2) is 56.4 Å². The lowest BCUT2D eigenvalue weighted by atomic mass is 9.90. The normalized spacial score (nSPS) is 15.4. The van der Waals surface area contributed by atoms with Gasteiger partial charge in [-0.05, 0) is 75.6 Å². The lowest BCUT2D eigenvalue weighted by molar-refractivity contribution is 0.0961. The van der Waals surface area contributed by atoms with Gasteiger partial charge in [-0.15, -0.1) is 0 Å². The van der Waals surface area contributed by atoms with Gasteiger partial charge < -0.3 is 14.4 Å². The highest BCUT2D eigenvalue weighted by molar-refractivity contribution is 5.96. The van der Waals surface area contributed by atoms with Crippen LogP contribution in [-0.2, 0) is 6.54 Å². The van der Waals surface area contributed by atoms with Crippen LogP contribution >= 0.6 is 0 Å². The number of piperidine rings is 1. The molecule has 3 aromatic carbocycles. The van der Waals surface area contributed by atoms with Crippen LogP contribution in [0.2, 0.25) is 0 Å².